The van der Waals surface area contributed by atoms with Gasteiger partial charge in [-0.3, -0.25) is 0 Å². The second-order valence-corrected chi connectivity index (χ2v) is 4.80. The molecular formula is C16H15ClFNO3. The van der Waals surface area contributed by atoms with Gasteiger partial charge in [0.15, 0.2) is 5.69 Å². The summed E-state index contributed by atoms with van der Waals surface area (Å²) in [6.07, 6.45) is 0.279. The number of hydrogen-bond donors (Lipinski definition) is 0. The number of nitrogens with zero attached hydrogens (tertiary/aromatic N) is 1. The van der Waals surface area contributed by atoms with Crippen molar-refractivity contribution in [2.75, 3.05) is 13.2 Å². The minimum absolute atomic E-state index is 0.0128. The largest absolute Gasteiger partial charge is 0.478 e. The van der Waals surface area contributed by atoms with Crippen LogP contribution in [0.1, 0.15) is 23.0 Å². The lowest BCUT2D eigenvalue weighted by molar-refractivity contribution is 0.0500. The van der Waals surface area contributed by atoms with Crippen LogP contribution in [0.3, 0.4) is 0 Å². The highest BCUT2D eigenvalue weighted by Gasteiger charge is 2.15. The zero-order chi connectivity index (χ0) is 15.9. The molecule has 0 saturated carbocycles. The third-order valence-corrected chi connectivity index (χ3v) is 3.17. The quantitative estimate of drug-likeness (QED) is 0.761. The molecule has 2 aromatic rings. The molecule has 0 atom stereocenters. The van der Waals surface area contributed by atoms with Gasteiger partial charge in [-0.15, -0.1) is 0 Å². The molecule has 4 nitrogen and oxygen atoms in total. The Kier molecular flexibility index (Phi) is 5.72. The van der Waals surface area contributed by atoms with Crippen molar-refractivity contribution in [3.8, 4) is 5.88 Å². The molecule has 2 rings (SSSR count). The normalized spacial score (nSPS) is 10.3. The van der Waals surface area contributed by atoms with Gasteiger partial charge in [-0.05, 0) is 24.6 Å². The van der Waals surface area contributed by atoms with Gasteiger partial charge in [0.25, 0.3) is 0 Å². The van der Waals surface area contributed by atoms with Crippen LogP contribution < -0.4 is 4.74 Å². The summed E-state index contributed by atoms with van der Waals surface area (Å²) in [5, 5.41) is 0.180. The first-order chi connectivity index (χ1) is 10.6. The van der Waals surface area contributed by atoms with Gasteiger partial charge >= 0.3 is 5.97 Å². The number of benzene rings is 1. The lowest BCUT2D eigenvalue weighted by atomic mass is 10.1. The molecule has 1 aromatic heterocycles. The van der Waals surface area contributed by atoms with Crippen molar-refractivity contribution in [2.45, 2.75) is 13.3 Å². The minimum atomic E-state index is -0.664. The lowest BCUT2D eigenvalue weighted by Gasteiger charge is -2.08. The van der Waals surface area contributed by atoms with E-state index < -0.39 is 5.97 Å². The number of esters is 1. The number of aromatic nitrogens is 1. The maximum atomic E-state index is 13.4. The Morgan fingerprint density at radius 1 is 1.27 bits per heavy atom. The molecule has 0 radical (unpaired) electrons. The molecule has 0 spiro atoms. The van der Waals surface area contributed by atoms with Crippen LogP contribution in [0.15, 0.2) is 36.4 Å². The van der Waals surface area contributed by atoms with Crippen molar-refractivity contribution in [3.05, 3.63) is 58.5 Å². The van der Waals surface area contributed by atoms with E-state index in [9.17, 15) is 9.18 Å². The zero-order valence-corrected chi connectivity index (χ0v) is 12.8. The van der Waals surface area contributed by atoms with Gasteiger partial charge in [-0.1, -0.05) is 29.8 Å². The number of ether oxygens (including phenoxy) is 2. The summed E-state index contributed by atoms with van der Waals surface area (Å²) in [6, 6.07) is 9.43. The summed E-state index contributed by atoms with van der Waals surface area (Å²) in [7, 11) is 0. The number of carbonyl (C=O) groups excluding carboxylic acids is 1. The fourth-order valence-corrected chi connectivity index (χ4v) is 2.00. The standard InChI is InChI=1S/C16H15ClFNO3/c1-2-21-14-8-7-12(17)15(19-14)16(20)22-10-9-11-5-3-4-6-13(11)18/h3-8H,2,9-10H2,1H3. The van der Waals surface area contributed by atoms with Crippen LogP contribution in [0.25, 0.3) is 0 Å². The second kappa shape index (κ2) is 7.75. The van der Waals surface area contributed by atoms with E-state index in [0.29, 0.717) is 18.1 Å². The molecule has 1 aromatic carbocycles. The predicted octanol–water partition coefficient (Wildman–Crippen LogP) is 3.67. The Hall–Kier alpha value is -2.14. The van der Waals surface area contributed by atoms with Gasteiger partial charge in [0.2, 0.25) is 5.88 Å². The molecule has 0 aliphatic rings. The fourth-order valence-electron chi connectivity index (χ4n) is 1.82. The third-order valence-electron chi connectivity index (χ3n) is 2.87. The van der Waals surface area contributed by atoms with E-state index in [1.165, 1.54) is 12.1 Å². The molecule has 0 unspecified atom stereocenters. The monoisotopic (exact) mass is 323 g/mol. The average Bonchev–Trinajstić information content (AvgIpc) is 2.51. The van der Waals surface area contributed by atoms with Crippen molar-refractivity contribution in [2.24, 2.45) is 0 Å². The molecule has 22 heavy (non-hydrogen) atoms. The first-order valence-electron chi connectivity index (χ1n) is 6.81. The molecule has 0 aliphatic heterocycles. The molecular weight excluding hydrogens is 309 g/mol. The Labute approximate surface area is 132 Å². The van der Waals surface area contributed by atoms with Gasteiger partial charge in [0.05, 0.1) is 18.2 Å². The maximum absolute atomic E-state index is 13.4. The van der Waals surface area contributed by atoms with Crippen molar-refractivity contribution in [1.82, 2.24) is 4.98 Å². The highest BCUT2D eigenvalue weighted by Crippen LogP contribution is 2.19. The summed E-state index contributed by atoms with van der Waals surface area (Å²) in [6.45, 7) is 2.27. The van der Waals surface area contributed by atoms with Gasteiger partial charge in [0.1, 0.15) is 5.82 Å². The Balaban J connectivity index is 1.97. The van der Waals surface area contributed by atoms with Crippen LogP contribution in [0.5, 0.6) is 5.88 Å². The minimum Gasteiger partial charge on any atom is -0.478 e. The molecule has 0 N–H and O–H groups in total. The zero-order valence-electron chi connectivity index (χ0n) is 12.0. The molecule has 0 bridgehead atoms. The fraction of sp³-hybridized carbons (Fsp3) is 0.250. The molecule has 116 valence electrons. The van der Waals surface area contributed by atoms with Gasteiger partial charge in [-0.2, -0.15) is 0 Å². The van der Waals surface area contributed by atoms with E-state index in [0.717, 1.165) is 0 Å². The van der Waals surface area contributed by atoms with Crippen LogP contribution in [0, 0.1) is 5.82 Å². The van der Waals surface area contributed by atoms with Crippen molar-refractivity contribution >= 4 is 17.6 Å². The summed E-state index contributed by atoms with van der Waals surface area (Å²) in [4.78, 5) is 16.0. The van der Waals surface area contributed by atoms with E-state index in [2.05, 4.69) is 4.98 Å². The van der Waals surface area contributed by atoms with Crippen molar-refractivity contribution in [3.63, 3.8) is 0 Å². The first-order valence-corrected chi connectivity index (χ1v) is 7.19. The first kappa shape index (κ1) is 16.2. The highest BCUT2D eigenvalue weighted by molar-refractivity contribution is 6.33. The summed E-state index contributed by atoms with van der Waals surface area (Å²) >= 11 is 5.93. The third kappa shape index (κ3) is 4.18. The molecule has 0 amide bonds. The topological polar surface area (TPSA) is 48.4 Å². The Morgan fingerprint density at radius 3 is 2.77 bits per heavy atom. The number of hydrogen-bond acceptors (Lipinski definition) is 4. The number of carbonyl (C=O) groups is 1. The molecule has 0 saturated heterocycles. The van der Waals surface area contributed by atoms with E-state index in [1.54, 1.807) is 24.3 Å². The second-order valence-electron chi connectivity index (χ2n) is 4.39. The Bertz CT molecular complexity index is 664. The highest BCUT2D eigenvalue weighted by atomic mass is 35.5. The molecule has 1 heterocycles. The average molecular weight is 324 g/mol. The van der Waals surface area contributed by atoms with E-state index in [-0.39, 0.29) is 29.6 Å². The van der Waals surface area contributed by atoms with Crippen molar-refractivity contribution < 1.29 is 18.7 Å². The SMILES string of the molecule is CCOc1ccc(Cl)c(C(=O)OCCc2ccccc2F)n1. The van der Waals surface area contributed by atoms with Crippen LogP contribution in [0.4, 0.5) is 4.39 Å². The molecule has 0 aliphatic carbocycles. The predicted molar refractivity (Wildman–Crippen MR) is 80.8 cm³/mol. The summed E-state index contributed by atoms with van der Waals surface area (Å²) in [5.74, 6) is -0.691. The maximum Gasteiger partial charge on any atom is 0.358 e. The molecule has 6 heteroatoms. The van der Waals surface area contributed by atoms with Crippen molar-refractivity contribution in [1.29, 1.82) is 0 Å². The summed E-state index contributed by atoms with van der Waals surface area (Å²) in [5.41, 5.74) is 0.471. The van der Waals surface area contributed by atoms with Gasteiger partial charge in [0, 0.05) is 12.5 Å². The smallest absolute Gasteiger partial charge is 0.358 e. The Morgan fingerprint density at radius 2 is 2.05 bits per heavy atom. The number of rotatable bonds is 6. The van der Waals surface area contributed by atoms with Crippen LogP contribution in [-0.2, 0) is 11.2 Å². The van der Waals surface area contributed by atoms with Crippen LogP contribution >= 0.6 is 11.6 Å². The molecule has 0 fully saturated rings. The van der Waals surface area contributed by atoms with Crippen LogP contribution in [-0.4, -0.2) is 24.2 Å². The van der Waals surface area contributed by atoms with E-state index >= 15 is 0 Å². The number of pyridine rings is 1. The van der Waals surface area contributed by atoms with E-state index in [4.69, 9.17) is 21.1 Å². The summed E-state index contributed by atoms with van der Waals surface area (Å²) < 4.78 is 23.8. The van der Waals surface area contributed by atoms with E-state index in [1.807, 2.05) is 6.92 Å². The number of halogens is 2. The van der Waals surface area contributed by atoms with Gasteiger partial charge in [-0.25, -0.2) is 14.2 Å². The lowest BCUT2D eigenvalue weighted by Crippen LogP contribution is -2.12. The van der Waals surface area contributed by atoms with Gasteiger partial charge < -0.3 is 9.47 Å². The van der Waals surface area contributed by atoms with Crippen LogP contribution in [0.2, 0.25) is 5.02 Å².